The Hall–Kier alpha value is -1.32. The number of halogens is 1. The van der Waals surface area contributed by atoms with Gasteiger partial charge in [-0.05, 0) is 43.2 Å². The molecule has 0 aliphatic rings. The number of hydrogen-bond donors (Lipinski definition) is 1. The first kappa shape index (κ1) is 15.1. The van der Waals surface area contributed by atoms with Crippen LogP contribution in [0.15, 0.2) is 46.9 Å². The molecule has 0 fully saturated rings. The zero-order valence-electron chi connectivity index (χ0n) is 12.2. The molecule has 0 radical (unpaired) electrons. The second-order valence-electron chi connectivity index (χ2n) is 5.22. The van der Waals surface area contributed by atoms with E-state index in [1.165, 1.54) is 22.4 Å². The number of nitrogens with two attached hydrogens (primary N) is 1. The van der Waals surface area contributed by atoms with Crippen molar-refractivity contribution in [2.75, 3.05) is 18.5 Å². The standard InChI is InChI=1S/C17H21BrN2/c1-12-4-7-14(8-5-12)20(3)17(11-19)15-9-6-13(2)10-16(15)18/h4-10,17H,11,19H2,1-3H3. The maximum atomic E-state index is 6.02. The van der Waals surface area contributed by atoms with Gasteiger partial charge >= 0.3 is 0 Å². The van der Waals surface area contributed by atoms with Crippen LogP contribution in [0.25, 0.3) is 0 Å². The Balaban J connectivity index is 2.33. The van der Waals surface area contributed by atoms with Gasteiger partial charge < -0.3 is 10.6 Å². The van der Waals surface area contributed by atoms with E-state index in [2.05, 4.69) is 84.2 Å². The van der Waals surface area contributed by atoms with Gasteiger partial charge in [-0.1, -0.05) is 45.8 Å². The van der Waals surface area contributed by atoms with Crippen molar-refractivity contribution in [3.05, 3.63) is 63.6 Å². The third kappa shape index (κ3) is 3.22. The van der Waals surface area contributed by atoms with Crippen LogP contribution < -0.4 is 10.6 Å². The minimum atomic E-state index is 0.160. The first-order chi connectivity index (χ1) is 9.52. The third-order valence-electron chi connectivity index (χ3n) is 3.65. The lowest BCUT2D eigenvalue weighted by Crippen LogP contribution is -2.30. The van der Waals surface area contributed by atoms with Crippen LogP contribution >= 0.6 is 15.9 Å². The molecule has 0 saturated carbocycles. The van der Waals surface area contributed by atoms with Crippen LogP contribution in [0.3, 0.4) is 0 Å². The molecule has 3 heteroatoms. The van der Waals surface area contributed by atoms with Gasteiger partial charge in [0.1, 0.15) is 0 Å². The Kier molecular flexibility index (Phi) is 4.84. The van der Waals surface area contributed by atoms with E-state index in [1.54, 1.807) is 0 Å². The average Bonchev–Trinajstić information content (AvgIpc) is 2.42. The zero-order valence-corrected chi connectivity index (χ0v) is 13.8. The normalized spacial score (nSPS) is 12.2. The molecular formula is C17H21BrN2. The van der Waals surface area contributed by atoms with Gasteiger partial charge in [-0.25, -0.2) is 0 Å². The highest BCUT2D eigenvalue weighted by Crippen LogP contribution is 2.30. The molecule has 2 N–H and O–H groups in total. The van der Waals surface area contributed by atoms with Crippen LogP contribution in [0.5, 0.6) is 0 Å². The summed E-state index contributed by atoms with van der Waals surface area (Å²) in [6.45, 7) is 4.77. The predicted molar refractivity (Wildman–Crippen MR) is 90.3 cm³/mol. The highest BCUT2D eigenvalue weighted by Gasteiger charge is 2.18. The van der Waals surface area contributed by atoms with Gasteiger partial charge in [-0.3, -0.25) is 0 Å². The van der Waals surface area contributed by atoms with Gasteiger partial charge in [0.2, 0.25) is 0 Å². The van der Waals surface area contributed by atoms with Gasteiger partial charge in [0.05, 0.1) is 6.04 Å². The molecule has 0 bridgehead atoms. The maximum Gasteiger partial charge on any atom is 0.0672 e. The zero-order chi connectivity index (χ0) is 14.7. The highest BCUT2D eigenvalue weighted by atomic mass is 79.9. The van der Waals surface area contributed by atoms with Crippen molar-refractivity contribution in [2.45, 2.75) is 19.9 Å². The van der Waals surface area contributed by atoms with E-state index in [0.717, 1.165) is 4.47 Å². The molecular weight excluding hydrogens is 312 g/mol. The summed E-state index contributed by atoms with van der Waals surface area (Å²) in [5.41, 5.74) is 10.9. The fraction of sp³-hybridized carbons (Fsp3) is 0.294. The van der Waals surface area contributed by atoms with Gasteiger partial charge in [0.15, 0.2) is 0 Å². The molecule has 0 saturated heterocycles. The van der Waals surface area contributed by atoms with Crippen LogP contribution in [0.4, 0.5) is 5.69 Å². The van der Waals surface area contributed by atoms with Crippen molar-refractivity contribution in [1.29, 1.82) is 0 Å². The SMILES string of the molecule is Cc1ccc(N(C)C(CN)c2ccc(C)cc2Br)cc1. The molecule has 106 valence electrons. The van der Waals surface area contributed by atoms with Crippen molar-refractivity contribution in [2.24, 2.45) is 5.73 Å². The Morgan fingerprint density at radius 1 is 1.05 bits per heavy atom. The first-order valence-corrected chi connectivity index (χ1v) is 7.58. The second-order valence-corrected chi connectivity index (χ2v) is 6.08. The van der Waals surface area contributed by atoms with E-state index in [1.807, 2.05) is 0 Å². The molecule has 0 heterocycles. The third-order valence-corrected chi connectivity index (χ3v) is 4.33. The monoisotopic (exact) mass is 332 g/mol. The molecule has 1 atom stereocenters. The molecule has 0 amide bonds. The van der Waals surface area contributed by atoms with Crippen molar-refractivity contribution in [3.8, 4) is 0 Å². The highest BCUT2D eigenvalue weighted by molar-refractivity contribution is 9.10. The summed E-state index contributed by atoms with van der Waals surface area (Å²) < 4.78 is 1.12. The van der Waals surface area contributed by atoms with Crippen LogP contribution in [-0.4, -0.2) is 13.6 Å². The number of hydrogen-bond acceptors (Lipinski definition) is 2. The predicted octanol–water partition coefficient (Wildman–Crippen LogP) is 4.20. The molecule has 0 aliphatic heterocycles. The van der Waals surface area contributed by atoms with E-state index >= 15 is 0 Å². The van der Waals surface area contributed by atoms with Crippen LogP contribution in [0, 0.1) is 13.8 Å². The van der Waals surface area contributed by atoms with Crippen LogP contribution in [0.1, 0.15) is 22.7 Å². The van der Waals surface area contributed by atoms with E-state index in [0.29, 0.717) is 6.54 Å². The Labute approximate surface area is 129 Å². The van der Waals surface area contributed by atoms with Crippen molar-refractivity contribution >= 4 is 21.6 Å². The fourth-order valence-corrected chi connectivity index (χ4v) is 3.11. The lowest BCUT2D eigenvalue weighted by Gasteiger charge is -2.30. The van der Waals surface area contributed by atoms with E-state index in [4.69, 9.17) is 5.73 Å². The number of rotatable bonds is 4. The first-order valence-electron chi connectivity index (χ1n) is 6.78. The van der Waals surface area contributed by atoms with E-state index in [9.17, 15) is 0 Å². The lowest BCUT2D eigenvalue weighted by molar-refractivity contribution is 0.677. The molecule has 1 unspecified atom stereocenters. The molecule has 0 spiro atoms. The lowest BCUT2D eigenvalue weighted by atomic mass is 10.0. The summed E-state index contributed by atoms with van der Waals surface area (Å²) in [5, 5.41) is 0. The number of benzene rings is 2. The largest absolute Gasteiger partial charge is 0.366 e. The van der Waals surface area contributed by atoms with Crippen LogP contribution in [0.2, 0.25) is 0 Å². The van der Waals surface area contributed by atoms with Crippen molar-refractivity contribution < 1.29 is 0 Å². The summed E-state index contributed by atoms with van der Waals surface area (Å²) >= 11 is 3.66. The topological polar surface area (TPSA) is 29.3 Å². The van der Waals surface area contributed by atoms with Gasteiger partial charge in [0.25, 0.3) is 0 Å². The molecule has 2 aromatic carbocycles. The van der Waals surface area contributed by atoms with Crippen molar-refractivity contribution in [1.82, 2.24) is 0 Å². The van der Waals surface area contributed by atoms with E-state index in [-0.39, 0.29) is 6.04 Å². The quantitative estimate of drug-likeness (QED) is 0.908. The summed E-state index contributed by atoms with van der Waals surface area (Å²) in [5.74, 6) is 0. The molecule has 20 heavy (non-hydrogen) atoms. The number of anilines is 1. The Morgan fingerprint density at radius 2 is 1.65 bits per heavy atom. The maximum absolute atomic E-state index is 6.02. The minimum absolute atomic E-state index is 0.160. The van der Waals surface area contributed by atoms with Gasteiger partial charge in [-0.15, -0.1) is 0 Å². The minimum Gasteiger partial charge on any atom is -0.366 e. The van der Waals surface area contributed by atoms with Crippen LogP contribution in [-0.2, 0) is 0 Å². The number of aryl methyl sites for hydroxylation is 2. The Morgan fingerprint density at radius 3 is 2.20 bits per heavy atom. The summed E-state index contributed by atoms with van der Waals surface area (Å²) in [6.07, 6.45) is 0. The summed E-state index contributed by atoms with van der Waals surface area (Å²) in [7, 11) is 2.09. The molecule has 0 aliphatic carbocycles. The molecule has 2 aromatic rings. The van der Waals surface area contributed by atoms with Gasteiger partial charge in [-0.2, -0.15) is 0 Å². The molecule has 2 rings (SSSR count). The summed E-state index contributed by atoms with van der Waals surface area (Å²) in [6, 6.07) is 15.1. The summed E-state index contributed by atoms with van der Waals surface area (Å²) in [4.78, 5) is 2.23. The van der Waals surface area contributed by atoms with Crippen molar-refractivity contribution in [3.63, 3.8) is 0 Å². The van der Waals surface area contributed by atoms with E-state index < -0.39 is 0 Å². The average molecular weight is 333 g/mol. The molecule has 2 nitrogen and oxygen atoms in total. The molecule has 0 aromatic heterocycles. The number of nitrogens with zero attached hydrogens (tertiary/aromatic N) is 1. The number of likely N-dealkylation sites (N-methyl/N-ethyl adjacent to an activating group) is 1. The van der Waals surface area contributed by atoms with Gasteiger partial charge in [0, 0.05) is 23.8 Å². The fourth-order valence-electron chi connectivity index (χ4n) is 2.36. The second kappa shape index (κ2) is 6.42. The Bertz CT molecular complexity index is 578. The smallest absolute Gasteiger partial charge is 0.0672 e.